The maximum absolute atomic E-state index is 10.9. The molecule has 4 rings (SSSR count). The van der Waals surface area contributed by atoms with Gasteiger partial charge in [0.2, 0.25) is 0 Å². The number of benzene rings is 4. The molecule has 0 aromatic heterocycles. The van der Waals surface area contributed by atoms with Crippen LogP contribution in [0, 0.1) is 20.8 Å². The normalized spacial score (nSPS) is 11.2. The molecule has 130 valence electrons. The molecule has 0 saturated carbocycles. The average molecular weight is 342 g/mol. The monoisotopic (exact) mass is 342 g/mol. The van der Waals surface area contributed by atoms with Crippen LogP contribution in [0.1, 0.15) is 22.3 Å². The minimum Gasteiger partial charge on any atom is -0.504 e. The largest absolute Gasteiger partial charge is 0.504 e. The van der Waals surface area contributed by atoms with Gasteiger partial charge >= 0.3 is 0 Å². The number of aromatic hydroxyl groups is 1. The van der Waals surface area contributed by atoms with Crippen LogP contribution >= 0.6 is 0 Å². The van der Waals surface area contributed by atoms with E-state index < -0.39 is 0 Å². The molecule has 0 aliphatic heterocycles. The third-order valence-corrected chi connectivity index (χ3v) is 5.18. The summed E-state index contributed by atoms with van der Waals surface area (Å²) in [5.41, 5.74) is 4.88. The van der Waals surface area contributed by atoms with Gasteiger partial charge in [-0.05, 0) is 53.8 Å². The van der Waals surface area contributed by atoms with Crippen LogP contribution in [0.25, 0.3) is 21.5 Å². The van der Waals surface area contributed by atoms with Crippen molar-refractivity contribution in [1.29, 1.82) is 0 Å². The highest BCUT2D eigenvalue weighted by atomic mass is 16.5. The third kappa shape index (κ3) is 2.68. The molecule has 0 atom stereocenters. The van der Waals surface area contributed by atoms with Crippen LogP contribution in [-0.2, 0) is 6.61 Å². The fraction of sp³-hybridized carbons (Fsp3) is 0.167. The van der Waals surface area contributed by atoms with Crippen molar-refractivity contribution in [2.24, 2.45) is 0 Å². The van der Waals surface area contributed by atoms with Crippen molar-refractivity contribution in [2.45, 2.75) is 27.4 Å². The van der Waals surface area contributed by atoms with Gasteiger partial charge < -0.3 is 9.84 Å². The second kappa shape index (κ2) is 6.38. The first-order valence-corrected chi connectivity index (χ1v) is 8.88. The average Bonchev–Trinajstić information content (AvgIpc) is 2.65. The van der Waals surface area contributed by atoms with Crippen LogP contribution in [-0.4, -0.2) is 5.11 Å². The van der Waals surface area contributed by atoms with Gasteiger partial charge in [0, 0.05) is 10.8 Å². The number of phenols is 1. The van der Waals surface area contributed by atoms with Crippen molar-refractivity contribution >= 4 is 21.5 Å². The molecule has 4 aromatic rings. The Balaban J connectivity index is 1.83. The van der Waals surface area contributed by atoms with Gasteiger partial charge in [0.05, 0.1) is 0 Å². The molecule has 2 nitrogen and oxygen atoms in total. The SMILES string of the molecule is Cc1cc(C)c(COc2c(O)c3ccccc3c3ccccc23)cc1C. The van der Waals surface area contributed by atoms with Gasteiger partial charge in [-0.15, -0.1) is 0 Å². The standard InChI is InChI=1S/C24H22O2/c1-15-12-17(3)18(13-16(15)2)14-26-24-22-11-7-5-9-20(22)19-8-4-6-10-21(19)23(24)25/h4-13,25H,14H2,1-3H3. The lowest BCUT2D eigenvalue weighted by Crippen LogP contribution is -2.01. The zero-order valence-electron chi connectivity index (χ0n) is 15.3. The van der Waals surface area contributed by atoms with Gasteiger partial charge in [-0.3, -0.25) is 0 Å². The first-order valence-electron chi connectivity index (χ1n) is 8.88. The van der Waals surface area contributed by atoms with Crippen LogP contribution in [0.15, 0.2) is 60.7 Å². The van der Waals surface area contributed by atoms with Gasteiger partial charge in [0.15, 0.2) is 11.5 Å². The molecule has 0 spiro atoms. The van der Waals surface area contributed by atoms with Crippen LogP contribution < -0.4 is 4.74 Å². The second-order valence-corrected chi connectivity index (χ2v) is 6.92. The summed E-state index contributed by atoms with van der Waals surface area (Å²) < 4.78 is 6.17. The highest BCUT2D eigenvalue weighted by Crippen LogP contribution is 2.43. The summed E-state index contributed by atoms with van der Waals surface area (Å²) in [4.78, 5) is 0. The summed E-state index contributed by atoms with van der Waals surface area (Å²) in [5, 5.41) is 14.7. The molecule has 2 heteroatoms. The maximum atomic E-state index is 10.9. The summed E-state index contributed by atoms with van der Waals surface area (Å²) in [6.45, 7) is 6.77. The summed E-state index contributed by atoms with van der Waals surface area (Å²) in [6, 6.07) is 20.3. The zero-order valence-corrected chi connectivity index (χ0v) is 15.3. The Hall–Kier alpha value is -3.00. The molecule has 0 saturated heterocycles. The first-order chi connectivity index (χ1) is 12.6. The lowest BCUT2D eigenvalue weighted by molar-refractivity contribution is 0.293. The minimum atomic E-state index is 0.209. The number of ether oxygens (including phenoxy) is 1. The van der Waals surface area contributed by atoms with Crippen molar-refractivity contribution in [3.05, 3.63) is 82.9 Å². The quantitative estimate of drug-likeness (QED) is 0.449. The fourth-order valence-electron chi connectivity index (χ4n) is 3.56. The fourth-order valence-corrected chi connectivity index (χ4v) is 3.56. The number of aryl methyl sites for hydroxylation is 3. The molecule has 0 aliphatic carbocycles. The Morgan fingerprint density at radius 3 is 1.92 bits per heavy atom. The lowest BCUT2D eigenvalue weighted by atomic mass is 9.99. The summed E-state index contributed by atoms with van der Waals surface area (Å²) in [7, 11) is 0. The van der Waals surface area contributed by atoms with E-state index in [0.717, 1.165) is 27.1 Å². The molecule has 4 aromatic carbocycles. The summed E-state index contributed by atoms with van der Waals surface area (Å²) in [6.07, 6.45) is 0. The molecular weight excluding hydrogens is 320 g/mol. The smallest absolute Gasteiger partial charge is 0.169 e. The van der Waals surface area contributed by atoms with Crippen molar-refractivity contribution in [1.82, 2.24) is 0 Å². The molecule has 26 heavy (non-hydrogen) atoms. The van der Waals surface area contributed by atoms with Gasteiger partial charge in [-0.25, -0.2) is 0 Å². The van der Waals surface area contributed by atoms with E-state index in [-0.39, 0.29) is 5.75 Å². The van der Waals surface area contributed by atoms with Gasteiger partial charge in [0.25, 0.3) is 0 Å². The Bertz CT molecular complexity index is 1130. The van der Waals surface area contributed by atoms with Gasteiger partial charge in [-0.2, -0.15) is 0 Å². The Morgan fingerprint density at radius 2 is 1.23 bits per heavy atom. The summed E-state index contributed by atoms with van der Waals surface area (Å²) >= 11 is 0. The maximum Gasteiger partial charge on any atom is 0.169 e. The van der Waals surface area contributed by atoms with Crippen molar-refractivity contribution in [3.63, 3.8) is 0 Å². The molecule has 0 bridgehead atoms. The van der Waals surface area contributed by atoms with Crippen LogP contribution in [0.2, 0.25) is 0 Å². The molecule has 0 radical (unpaired) electrons. The van der Waals surface area contributed by atoms with E-state index in [0.29, 0.717) is 12.4 Å². The number of rotatable bonds is 3. The van der Waals surface area contributed by atoms with E-state index in [1.54, 1.807) is 0 Å². The van der Waals surface area contributed by atoms with Crippen LogP contribution in [0.5, 0.6) is 11.5 Å². The number of phenolic OH excluding ortho intramolecular Hbond substituents is 1. The van der Waals surface area contributed by atoms with Crippen molar-refractivity contribution in [2.75, 3.05) is 0 Å². The molecule has 0 unspecified atom stereocenters. The van der Waals surface area contributed by atoms with Crippen LogP contribution in [0.3, 0.4) is 0 Å². The van der Waals surface area contributed by atoms with Crippen molar-refractivity contribution < 1.29 is 9.84 Å². The molecule has 0 amide bonds. The topological polar surface area (TPSA) is 29.5 Å². The van der Waals surface area contributed by atoms with E-state index in [4.69, 9.17) is 4.74 Å². The van der Waals surface area contributed by atoms with E-state index in [9.17, 15) is 5.11 Å². The number of fused-ring (bicyclic) bond motifs is 3. The Morgan fingerprint density at radius 1 is 0.692 bits per heavy atom. The first kappa shape index (κ1) is 16.5. The Labute approximate surface area is 153 Å². The molecule has 0 aliphatic rings. The predicted octanol–water partition coefficient (Wildman–Crippen LogP) is 6.20. The number of hydrogen-bond acceptors (Lipinski definition) is 2. The molecule has 0 heterocycles. The minimum absolute atomic E-state index is 0.209. The van der Waals surface area contributed by atoms with E-state index >= 15 is 0 Å². The zero-order chi connectivity index (χ0) is 18.3. The van der Waals surface area contributed by atoms with Crippen molar-refractivity contribution in [3.8, 4) is 11.5 Å². The summed E-state index contributed by atoms with van der Waals surface area (Å²) in [5.74, 6) is 0.762. The van der Waals surface area contributed by atoms with E-state index in [1.165, 1.54) is 16.7 Å². The van der Waals surface area contributed by atoms with Crippen LogP contribution in [0.4, 0.5) is 0 Å². The third-order valence-electron chi connectivity index (χ3n) is 5.18. The highest BCUT2D eigenvalue weighted by molar-refractivity contribution is 6.13. The second-order valence-electron chi connectivity index (χ2n) is 6.92. The lowest BCUT2D eigenvalue weighted by Gasteiger charge is -2.16. The molecular formula is C24H22O2. The number of hydrogen-bond donors (Lipinski definition) is 1. The van der Waals surface area contributed by atoms with Gasteiger partial charge in [0.1, 0.15) is 6.61 Å². The van der Waals surface area contributed by atoms with E-state index in [2.05, 4.69) is 39.0 Å². The predicted molar refractivity (Wildman–Crippen MR) is 108 cm³/mol. The molecule has 0 fully saturated rings. The van der Waals surface area contributed by atoms with E-state index in [1.807, 2.05) is 42.5 Å². The van der Waals surface area contributed by atoms with Gasteiger partial charge in [-0.1, -0.05) is 60.7 Å². The molecule has 1 N–H and O–H groups in total. The highest BCUT2D eigenvalue weighted by Gasteiger charge is 2.15. The Kier molecular flexibility index (Phi) is 4.04.